The first kappa shape index (κ1) is 26.6. The maximum atomic E-state index is 10.5. The zero-order chi connectivity index (χ0) is 25.2. The summed E-state index contributed by atoms with van der Waals surface area (Å²) in [7, 11) is 1.61. The Kier molecular flexibility index (Phi) is 10.0. The highest BCUT2D eigenvalue weighted by Crippen LogP contribution is 2.36. The van der Waals surface area contributed by atoms with Crippen molar-refractivity contribution in [2.45, 2.75) is 32.9 Å². The number of nitrogens with zero attached hydrogens (tertiary/aromatic N) is 3. The van der Waals surface area contributed by atoms with Gasteiger partial charge in [-0.2, -0.15) is 5.10 Å². The van der Waals surface area contributed by atoms with Crippen molar-refractivity contribution in [1.29, 1.82) is 0 Å². The Morgan fingerprint density at radius 3 is 2.54 bits per heavy atom. The van der Waals surface area contributed by atoms with Crippen molar-refractivity contribution in [1.82, 2.24) is 14.7 Å². The number of aromatic nitrogens is 2. The number of aliphatic hydroxyl groups excluding tert-OH is 1. The van der Waals surface area contributed by atoms with Crippen molar-refractivity contribution in [3.8, 4) is 35.4 Å². The number of methoxy groups -OCH3 is 1. The summed E-state index contributed by atoms with van der Waals surface area (Å²) in [5, 5.41) is 15.9. The Morgan fingerprint density at radius 2 is 1.89 bits per heavy atom. The van der Waals surface area contributed by atoms with E-state index in [0.29, 0.717) is 35.5 Å². The molecule has 0 bridgehead atoms. The predicted molar refractivity (Wildman–Crippen MR) is 138 cm³/mol. The zero-order valence-corrected chi connectivity index (χ0v) is 21.2. The summed E-state index contributed by atoms with van der Waals surface area (Å²) >= 11 is 6.11. The van der Waals surface area contributed by atoms with E-state index < -0.39 is 6.10 Å². The van der Waals surface area contributed by atoms with Crippen molar-refractivity contribution in [2.75, 3.05) is 33.4 Å². The SMILES string of the molecule is C#CCOC[C@H](O)CN(CCC)Cc1c(C)nn(-c2ccc(Cl)cc2)c1Oc1ccccc1OC. The molecule has 0 saturated carbocycles. The molecule has 1 atom stereocenters. The van der Waals surface area contributed by atoms with Crippen LogP contribution in [-0.2, 0) is 11.3 Å². The lowest BCUT2D eigenvalue weighted by Crippen LogP contribution is -2.35. The summed E-state index contributed by atoms with van der Waals surface area (Å²) in [5.41, 5.74) is 2.55. The maximum absolute atomic E-state index is 10.5. The molecule has 0 saturated heterocycles. The van der Waals surface area contributed by atoms with E-state index in [4.69, 9.17) is 37.3 Å². The first-order chi connectivity index (χ1) is 17.0. The molecule has 0 aliphatic rings. The number of terminal acetylenes is 1. The molecule has 3 rings (SSSR count). The van der Waals surface area contributed by atoms with Crippen LogP contribution in [0.3, 0.4) is 0 Å². The Bertz CT molecular complexity index is 1120. The molecule has 0 aliphatic carbocycles. The number of benzene rings is 2. The lowest BCUT2D eigenvalue weighted by molar-refractivity contribution is 0.0259. The molecule has 1 aromatic heterocycles. The van der Waals surface area contributed by atoms with Crippen LogP contribution in [0.15, 0.2) is 48.5 Å². The summed E-state index contributed by atoms with van der Waals surface area (Å²) in [6.07, 6.45) is 5.49. The fraction of sp³-hybridized carbons (Fsp3) is 0.370. The zero-order valence-electron chi connectivity index (χ0n) is 20.4. The third-order valence-electron chi connectivity index (χ3n) is 5.37. The topological polar surface area (TPSA) is 69.0 Å². The average Bonchev–Trinajstić information content (AvgIpc) is 3.15. The molecule has 186 valence electrons. The highest BCUT2D eigenvalue weighted by atomic mass is 35.5. The first-order valence-electron chi connectivity index (χ1n) is 11.5. The number of rotatable bonds is 13. The third-order valence-corrected chi connectivity index (χ3v) is 5.62. The molecule has 3 aromatic rings. The Morgan fingerprint density at radius 1 is 1.17 bits per heavy atom. The van der Waals surface area contributed by atoms with Crippen LogP contribution in [-0.4, -0.2) is 59.3 Å². The number of hydrogen-bond donors (Lipinski definition) is 1. The van der Waals surface area contributed by atoms with E-state index in [1.807, 2.05) is 55.5 Å². The summed E-state index contributed by atoms with van der Waals surface area (Å²) in [4.78, 5) is 2.16. The van der Waals surface area contributed by atoms with Crippen molar-refractivity contribution < 1.29 is 19.3 Å². The molecule has 0 radical (unpaired) electrons. The van der Waals surface area contributed by atoms with Gasteiger partial charge in [0.05, 0.1) is 36.8 Å². The number of halogens is 1. The van der Waals surface area contributed by atoms with E-state index in [0.717, 1.165) is 29.9 Å². The van der Waals surface area contributed by atoms with Crippen LogP contribution in [0.5, 0.6) is 17.4 Å². The number of ether oxygens (including phenoxy) is 3. The fourth-order valence-corrected chi connectivity index (χ4v) is 3.90. The lowest BCUT2D eigenvalue weighted by atomic mass is 10.2. The van der Waals surface area contributed by atoms with Gasteiger partial charge in [0.1, 0.15) is 6.61 Å². The number of hydrogen-bond acceptors (Lipinski definition) is 6. The molecule has 0 aliphatic heterocycles. The Hall–Kier alpha value is -3.02. The monoisotopic (exact) mass is 497 g/mol. The van der Waals surface area contributed by atoms with E-state index in [9.17, 15) is 5.11 Å². The second-order valence-corrected chi connectivity index (χ2v) is 8.55. The lowest BCUT2D eigenvalue weighted by Gasteiger charge is -2.25. The minimum atomic E-state index is -0.667. The van der Waals surface area contributed by atoms with Gasteiger partial charge in [-0.25, -0.2) is 4.68 Å². The van der Waals surface area contributed by atoms with Crippen LogP contribution in [0.4, 0.5) is 0 Å². The maximum Gasteiger partial charge on any atom is 0.227 e. The second kappa shape index (κ2) is 13.2. The van der Waals surface area contributed by atoms with Crippen LogP contribution in [0.1, 0.15) is 24.6 Å². The molecule has 2 aromatic carbocycles. The highest BCUT2D eigenvalue weighted by Gasteiger charge is 2.23. The van der Waals surface area contributed by atoms with Gasteiger partial charge < -0.3 is 19.3 Å². The third kappa shape index (κ3) is 7.23. The van der Waals surface area contributed by atoms with Crippen LogP contribution in [0.2, 0.25) is 5.02 Å². The molecule has 7 nitrogen and oxygen atoms in total. The minimum absolute atomic E-state index is 0.175. The van der Waals surface area contributed by atoms with Crippen molar-refractivity contribution in [3.05, 3.63) is 64.8 Å². The Labute approximate surface area is 212 Å². The molecular weight excluding hydrogens is 466 g/mol. The molecular formula is C27H32ClN3O4. The van der Waals surface area contributed by atoms with Gasteiger partial charge in [-0.1, -0.05) is 36.6 Å². The fourth-order valence-electron chi connectivity index (χ4n) is 3.77. The number of para-hydroxylation sites is 2. The smallest absolute Gasteiger partial charge is 0.227 e. The normalized spacial score (nSPS) is 11.9. The van der Waals surface area contributed by atoms with Crippen LogP contribution in [0.25, 0.3) is 5.69 Å². The van der Waals surface area contributed by atoms with Gasteiger partial charge in [0.25, 0.3) is 0 Å². The van der Waals surface area contributed by atoms with Gasteiger partial charge in [0.2, 0.25) is 5.88 Å². The van der Waals surface area contributed by atoms with Crippen LogP contribution >= 0.6 is 11.6 Å². The first-order valence-corrected chi connectivity index (χ1v) is 11.9. The van der Waals surface area contributed by atoms with E-state index in [1.165, 1.54) is 0 Å². The van der Waals surface area contributed by atoms with Crippen molar-refractivity contribution >= 4 is 11.6 Å². The van der Waals surface area contributed by atoms with Gasteiger partial charge in [0, 0.05) is 18.1 Å². The minimum Gasteiger partial charge on any atom is -0.493 e. The van der Waals surface area contributed by atoms with Gasteiger partial charge in [-0.15, -0.1) is 6.42 Å². The number of aliphatic hydroxyl groups is 1. The van der Waals surface area contributed by atoms with E-state index in [1.54, 1.807) is 11.8 Å². The van der Waals surface area contributed by atoms with Crippen molar-refractivity contribution in [2.24, 2.45) is 0 Å². The molecule has 0 spiro atoms. The van der Waals surface area contributed by atoms with Gasteiger partial charge in [-0.05, 0) is 56.3 Å². The van der Waals surface area contributed by atoms with Gasteiger partial charge >= 0.3 is 0 Å². The summed E-state index contributed by atoms with van der Waals surface area (Å²) in [6.45, 7) is 6.15. The molecule has 0 amide bonds. The Balaban J connectivity index is 1.97. The molecule has 1 heterocycles. The molecule has 1 N–H and O–H groups in total. The number of aryl methyl sites for hydroxylation is 1. The van der Waals surface area contributed by atoms with E-state index in [2.05, 4.69) is 17.7 Å². The molecule has 0 fully saturated rings. The van der Waals surface area contributed by atoms with E-state index in [-0.39, 0.29) is 13.2 Å². The molecule has 0 unspecified atom stereocenters. The second-order valence-electron chi connectivity index (χ2n) is 8.12. The van der Waals surface area contributed by atoms with Crippen LogP contribution in [0, 0.1) is 19.3 Å². The standard InChI is InChI=1S/C27H32ClN3O4/c1-5-15-30(17-23(32)19-34-16-6-2)18-24-20(3)29-31(22-13-11-21(28)12-14-22)27(24)35-26-10-8-7-9-25(26)33-4/h2,7-14,23,32H,5,15-19H2,1,3-4H3/t23-/m1/s1. The predicted octanol–water partition coefficient (Wildman–Crippen LogP) is 4.86. The summed E-state index contributed by atoms with van der Waals surface area (Å²) < 4.78 is 19.0. The molecule has 8 heteroatoms. The molecule has 35 heavy (non-hydrogen) atoms. The van der Waals surface area contributed by atoms with Crippen molar-refractivity contribution in [3.63, 3.8) is 0 Å². The highest BCUT2D eigenvalue weighted by molar-refractivity contribution is 6.30. The summed E-state index contributed by atoms with van der Waals surface area (Å²) in [6, 6.07) is 14.9. The van der Waals surface area contributed by atoms with Gasteiger partial charge in [0.15, 0.2) is 11.5 Å². The largest absolute Gasteiger partial charge is 0.493 e. The van der Waals surface area contributed by atoms with Gasteiger partial charge in [-0.3, -0.25) is 4.90 Å². The van der Waals surface area contributed by atoms with Crippen LogP contribution < -0.4 is 9.47 Å². The average molecular weight is 498 g/mol. The summed E-state index contributed by atoms with van der Waals surface area (Å²) in [5.74, 6) is 4.19. The quantitative estimate of drug-likeness (QED) is 0.269. The van der Waals surface area contributed by atoms with E-state index >= 15 is 0 Å².